The van der Waals surface area contributed by atoms with Crippen LogP contribution in [-0.4, -0.2) is 48.9 Å². The van der Waals surface area contributed by atoms with Crippen molar-refractivity contribution in [1.29, 1.82) is 0 Å². The molecule has 1 aliphatic heterocycles. The lowest BCUT2D eigenvalue weighted by Gasteiger charge is -2.25. The average Bonchev–Trinajstić information content (AvgIpc) is 3.00. The van der Waals surface area contributed by atoms with Gasteiger partial charge in [0.2, 0.25) is 5.83 Å². The van der Waals surface area contributed by atoms with E-state index in [0.717, 1.165) is 46.4 Å². The first-order valence-corrected chi connectivity index (χ1v) is 13.1. The number of anilines is 1. The van der Waals surface area contributed by atoms with Gasteiger partial charge in [-0.1, -0.05) is 38.8 Å². The van der Waals surface area contributed by atoms with Crippen molar-refractivity contribution in [3.8, 4) is 11.5 Å². The highest BCUT2D eigenvalue weighted by Crippen LogP contribution is 2.42. The van der Waals surface area contributed by atoms with Crippen LogP contribution < -0.4 is 14.4 Å². The maximum Gasteiger partial charge on any atom is 0.368 e. The molecule has 0 bridgehead atoms. The van der Waals surface area contributed by atoms with Gasteiger partial charge < -0.3 is 19.5 Å². The number of thioether (sulfide) groups is 1. The molecule has 0 amide bonds. The summed E-state index contributed by atoms with van der Waals surface area (Å²) in [6.07, 6.45) is 5.17. The summed E-state index contributed by atoms with van der Waals surface area (Å²) in [5.41, 5.74) is 2.22. The van der Waals surface area contributed by atoms with Crippen LogP contribution in [0.15, 0.2) is 58.3 Å². The van der Waals surface area contributed by atoms with Gasteiger partial charge in [0.15, 0.2) is 0 Å². The Balaban J connectivity index is 0.000000945. The minimum absolute atomic E-state index is 0.421. The average molecular weight is 509 g/mol. The van der Waals surface area contributed by atoms with Gasteiger partial charge in [-0.05, 0) is 55.1 Å². The fourth-order valence-electron chi connectivity index (χ4n) is 2.98. The molecule has 0 atom stereocenters. The molecule has 1 heterocycles. The lowest BCUT2D eigenvalue weighted by Crippen LogP contribution is -2.28. The highest BCUT2D eigenvalue weighted by molar-refractivity contribution is 7.98. The maximum atomic E-state index is 13.4. The van der Waals surface area contributed by atoms with E-state index in [1.165, 1.54) is 24.6 Å². The van der Waals surface area contributed by atoms with Crippen molar-refractivity contribution in [3.05, 3.63) is 54.1 Å². The van der Waals surface area contributed by atoms with E-state index in [-0.39, 0.29) is 0 Å². The van der Waals surface area contributed by atoms with Crippen LogP contribution in [0.2, 0.25) is 0 Å². The Hall–Kier alpha value is -2.36. The van der Waals surface area contributed by atoms with Crippen molar-refractivity contribution in [2.75, 3.05) is 38.4 Å². The zero-order valence-electron chi connectivity index (χ0n) is 20.3. The van der Waals surface area contributed by atoms with Gasteiger partial charge in [-0.15, -0.1) is 11.8 Å². The third-order valence-corrected chi connectivity index (χ3v) is 6.83. The van der Waals surface area contributed by atoms with E-state index in [2.05, 4.69) is 23.1 Å². The summed E-state index contributed by atoms with van der Waals surface area (Å²) in [6.45, 7) is 6.78. The van der Waals surface area contributed by atoms with Crippen molar-refractivity contribution in [2.24, 2.45) is 0 Å². The molecule has 0 spiro atoms. The second kappa shape index (κ2) is 14.1. The molecule has 186 valence electrons. The second-order valence-electron chi connectivity index (χ2n) is 7.57. The second-order valence-corrected chi connectivity index (χ2v) is 9.67. The number of ether oxygens (including phenoxy) is 2. The predicted molar refractivity (Wildman–Crippen MR) is 139 cm³/mol. The first kappa shape index (κ1) is 27.9. The Morgan fingerprint density at radius 3 is 2.44 bits per heavy atom. The molecule has 3 rings (SSSR count). The summed E-state index contributed by atoms with van der Waals surface area (Å²) in [5.74, 6) is -1.76. The van der Waals surface area contributed by atoms with Crippen LogP contribution in [0.5, 0.6) is 11.5 Å². The SMILES string of the molecule is CCCC.COc1ccc(CN2CCN(C)Sc3cc(O/C=C(\F)C(=O)O)c(SC)cc32)cc1. The quantitative estimate of drug-likeness (QED) is 0.189. The van der Waals surface area contributed by atoms with Gasteiger partial charge in [-0.25, -0.2) is 9.10 Å². The van der Waals surface area contributed by atoms with Crippen molar-refractivity contribution < 1.29 is 23.8 Å². The zero-order valence-corrected chi connectivity index (χ0v) is 22.0. The molecule has 6 nitrogen and oxygen atoms in total. The van der Waals surface area contributed by atoms with Crippen LogP contribution in [0.25, 0.3) is 0 Å². The van der Waals surface area contributed by atoms with Crippen molar-refractivity contribution in [3.63, 3.8) is 0 Å². The van der Waals surface area contributed by atoms with Crippen LogP contribution in [0.1, 0.15) is 32.3 Å². The van der Waals surface area contributed by atoms with Crippen LogP contribution in [-0.2, 0) is 11.3 Å². The lowest BCUT2D eigenvalue weighted by molar-refractivity contribution is -0.134. The fraction of sp³-hybridized carbons (Fsp3) is 0.400. The number of fused-ring (bicyclic) bond motifs is 1. The molecule has 34 heavy (non-hydrogen) atoms. The largest absolute Gasteiger partial charge is 0.497 e. The van der Waals surface area contributed by atoms with E-state index in [1.807, 2.05) is 49.7 Å². The summed E-state index contributed by atoms with van der Waals surface area (Å²) in [5, 5.41) is 8.70. The number of methoxy groups -OCH3 is 1. The number of carboxylic acids is 1. The third kappa shape index (κ3) is 8.14. The molecular weight excluding hydrogens is 475 g/mol. The molecular formula is C25H33FN2O4S2. The van der Waals surface area contributed by atoms with Crippen LogP contribution in [0, 0.1) is 0 Å². The molecule has 2 aromatic rings. The molecule has 1 N–H and O–H groups in total. The molecule has 0 fully saturated rings. The van der Waals surface area contributed by atoms with Gasteiger partial charge in [0.05, 0.1) is 22.6 Å². The monoisotopic (exact) mass is 508 g/mol. The summed E-state index contributed by atoms with van der Waals surface area (Å²) in [4.78, 5) is 14.8. The summed E-state index contributed by atoms with van der Waals surface area (Å²) in [6, 6.07) is 11.8. The Bertz CT molecular complexity index is 968. The third-order valence-electron chi connectivity index (χ3n) is 5.05. The highest BCUT2D eigenvalue weighted by atomic mass is 32.2. The molecule has 0 aromatic heterocycles. The number of carbonyl (C=O) groups is 1. The van der Waals surface area contributed by atoms with E-state index in [0.29, 0.717) is 12.0 Å². The van der Waals surface area contributed by atoms with Gasteiger partial charge in [0.1, 0.15) is 17.8 Å². The molecule has 0 saturated carbocycles. The fourth-order valence-corrected chi connectivity index (χ4v) is 4.47. The minimum atomic E-state index is -1.66. The lowest BCUT2D eigenvalue weighted by atomic mass is 10.2. The van der Waals surface area contributed by atoms with Crippen molar-refractivity contribution in [1.82, 2.24) is 4.31 Å². The number of likely N-dealkylation sites (N-methyl/N-ethyl adjacent to an activating group) is 1. The molecule has 0 saturated heterocycles. The van der Waals surface area contributed by atoms with Gasteiger partial charge in [-0.2, -0.15) is 4.39 Å². The predicted octanol–water partition coefficient (Wildman–Crippen LogP) is 6.46. The van der Waals surface area contributed by atoms with E-state index in [9.17, 15) is 9.18 Å². The Kier molecular flexibility index (Phi) is 11.6. The smallest absolute Gasteiger partial charge is 0.368 e. The first-order valence-electron chi connectivity index (χ1n) is 11.1. The number of unbranched alkanes of at least 4 members (excludes halogenated alkanes) is 1. The summed E-state index contributed by atoms with van der Waals surface area (Å²) in [7, 11) is 3.66. The number of halogens is 1. The van der Waals surface area contributed by atoms with E-state index >= 15 is 0 Å². The van der Waals surface area contributed by atoms with Crippen LogP contribution in [0.3, 0.4) is 0 Å². The minimum Gasteiger partial charge on any atom is -0.497 e. The van der Waals surface area contributed by atoms with Gasteiger partial charge in [0, 0.05) is 19.6 Å². The number of benzene rings is 2. The van der Waals surface area contributed by atoms with E-state index < -0.39 is 11.8 Å². The Morgan fingerprint density at radius 2 is 1.88 bits per heavy atom. The standard InChI is InChI=1S/C21H23FN2O4S2.C4H10/c1-23-8-9-24(12-14-4-6-15(27-2)7-5-14)17-10-20(29-3)18(11-19(17)30-23)28-13-16(22)21(25)26;1-3-4-2/h4-7,10-11,13H,8-9,12H2,1-3H3,(H,25,26);3-4H2,1-2H3/b16-13-;. The number of rotatable bonds is 8. The van der Waals surface area contributed by atoms with Gasteiger partial charge >= 0.3 is 5.97 Å². The van der Waals surface area contributed by atoms with Gasteiger partial charge in [-0.3, -0.25) is 0 Å². The van der Waals surface area contributed by atoms with Crippen LogP contribution >= 0.6 is 23.7 Å². The van der Waals surface area contributed by atoms with E-state index in [1.54, 1.807) is 19.1 Å². The number of aliphatic carboxylic acids is 1. The number of nitrogens with zero attached hydrogens (tertiary/aromatic N) is 2. The Morgan fingerprint density at radius 1 is 1.21 bits per heavy atom. The van der Waals surface area contributed by atoms with Crippen LogP contribution in [0.4, 0.5) is 10.1 Å². The highest BCUT2D eigenvalue weighted by Gasteiger charge is 2.22. The molecule has 0 radical (unpaired) electrons. The van der Waals surface area contributed by atoms with E-state index in [4.69, 9.17) is 14.6 Å². The van der Waals surface area contributed by atoms with Gasteiger partial charge in [0.25, 0.3) is 0 Å². The molecule has 0 aliphatic carbocycles. The summed E-state index contributed by atoms with van der Waals surface area (Å²) >= 11 is 3.04. The maximum absolute atomic E-state index is 13.4. The number of carboxylic acid groups (broad SMARTS) is 1. The first-order chi connectivity index (χ1) is 16.3. The topological polar surface area (TPSA) is 62.2 Å². The molecule has 2 aromatic carbocycles. The molecule has 0 unspecified atom stereocenters. The van der Waals surface area contributed by atoms with Crippen molar-refractivity contribution in [2.45, 2.75) is 43.0 Å². The number of hydrogen-bond donors (Lipinski definition) is 1. The molecule has 9 heteroatoms. The zero-order chi connectivity index (χ0) is 25.1. The number of hydrogen-bond acceptors (Lipinski definition) is 7. The Labute approximate surface area is 210 Å². The molecule has 1 aliphatic rings. The normalized spacial score (nSPS) is 13.9. The van der Waals surface area contributed by atoms with Crippen molar-refractivity contribution >= 4 is 35.4 Å². The summed E-state index contributed by atoms with van der Waals surface area (Å²) < 4.78 is 26.1.